The van der Waals surface area contributed by atoms with Crippen molar-refractivity contribution >= 4 is 12.1 Å². The van der Waals surface area contributed by atoms with Crippen LogP contribution >= 0.6 is 0 Å². The van der Waals surface area contributed by atoms with Gasteiger partial charge in [0.05, 0.1) is 18.8 Å². The zero-order chi connectivity index (χ0) is 12.0. The van der Waals surface area contributed by atoms with Crippen molar-refractivity contribution in [1.82, 2.24) is 4.90 Å². The summed E-state index contributed by atoms with van der Waals surface area (Å²) in [5.41, 5.74) is 5.93. The van der Waals surface area contributed by atoms with Crippen molar-refractivity contribution in [2.24, 2.45) is 16.6 Å². The maximum absolute atomic E-state index is 7.31. The van der Waals surface area contributed by atoms with Crippen LogP contribution in [-0.4, -0.2) is 50.3 Å². The number of nitrogens with zero attached hydrogens (tertiary/aromatic N) is 2. The van der Waals surface area contributed by atoms with Gasteiger partial charge in [-0.25, -0.2) is 0 Å². The molecule has 0 aromatic heterocycles. The molecule has 7 nitrogen and oxygen atoms in total. The minimum absolute atomic E-state index is 0.0120. The summed E-state index contributed by atoms with van der Waals surface area (Å²) in [6, 6.07) is 0. The molecule has 0 bridgehead atoms. The minimum atomic E-state index is -0.0120. The lowest BCUT2D eigenvalue weighted by atomic mass is 10.2. The van der Waals surface area contributed by atoms with Gasteiger partial charge in [-0.2, -0.15) is 5.90 Å². The molecule has 0 spiro atoms. The summed E-state index contributed by atoms with van der Waals surface area (Å²) in [7, 11) is 1.64. The van der Waals surface area contributed by atoms with Crippen LogP contribution in [0.5, 0.6) is 0 Å². The van der Waals surface area contributed by atoms with Gasteiger partial charge in [0, 0.05) is 26.4 Å². The first-order chi connectivity index (χ1) is 7.74. The van der Waals surface area contributed by atoms with Crippen molar-refractivity contribution in [2.45, 2.75) is 0 Å². The predicted molar refractivity (Wildman–Crippen MR) is 61.0 cm³/mol. The Balaban J connectivity index is 2.92. The Morgan fingerprint density at radius 3 is 2.56 bits per heavy atom. The van der Waals surface area contributed by atoms with Crippen molar-refractivity contribution < 1.29 is 9.57 Å². The molecule has 7 heteroatoms. The number of hydrogen-bond acceptors (Lipinski definition) is 6. The average molecular weight is 227 g/mol. The third-order valence-corrected chi connectivity index (χ3v) is 2.30. The first-order valence-electron chi connectivity index (χ1n) is 4.91. The Hall–Kier alpha value is -1.60. The fourth-order valence-electron chi connectivity index (χ4n) is 1.52. The quantitative estimate of drug-likeness (QED) is 0.249. The van der Waals surface area contributed by atoms with Crippen molar-refractivity contribution in [3.8, 4) is 0 Å². The van der Waals surface area contributed by atoms with E-state index in [0.29, 0.717) is 37.7 Å². The van der Waals surface area contributed by atoms with Crippen LogP contribution in [0, 0.1) is 5.41 Å². The van der Waals surface area contributed by atoms with Gasteiger partial charge in [-0.3, -0.25) is 4.99 Å². The zero-order valence-electron chi connectivity index (χ0n) is 9.27. The highest BCUT2D eigenvalue weighted by Gasteiger charge is 2.19. The molecule has 16 heavy (non-hydrogen) atoms. The summed E-state index contributed by atoms with van der Waals surface area (Å²) in [6.45, 7) is 2.69. The highest BCUT2D eigenvalue weighted by molar-refractivity contribution is 6.14. The van der Waals surface area contributed by atoms with E-state index in [9.17, 15) is 0 Å². The van der Waals surface area contributed by atoms with Gasteiger partial charge >= 0.3 is 0 Å². The number of nitrogens with one attached hydrogen (secondary N) is 1. The van der Waals surface area contributed by atoms with Crippen molar-refractivity contribution in [3.05, 3.63) is 11.5 Å². The van der Waals surface area contributed by atoms with Gasteiger partial charge in [-0.05, 0) is 0 Å². The van der Waals surface area contributed by atoms with E-state index < -0.39 is 0 Å². The van der Waals surface area contributed by atoms with Gasteiger partial charge in [-0.15, -0.1) is 0 Å². The monoisotopic (exact) mass is 227 g/mol. The molecule has 1 fully saturated rings. The van der Waals surface area contributed by atoms with Crippen LogP contribution in [-0.2, 0) is 9.57 Å². The smallest absolute Gasteiger partial charge is 0.221 e. The number of nitrogens with two attached hydrogens (primary N) is 2. The maximum atomic E-state index is 7.31. The third-order valence-electron chi connectivity index (χ3n) is 2.30. The third kappa shape index (κ3) is 2.71. The maximum Gasteiger partial charge on any atom is 0.221 e. The van der Waals surface area contributed by atoms with Crippen LogP contribution in [0.2, 0.25) is 0 Å². The van der Waals surface area contributed by atoms with Gasteiger partial charge in [0.1, 0.15) is 5.84 Å². The zero-order valence-corrected chi connectivity index (χ0v) is 9.27. The highest BCUT2D eigenvalue weighted by atomic mass is 16.6. The van der Waals surface area contributed by atoms with Gasteiger partial charge in [0.2, 0.25) is 5.88 Å². The topological polar surface area (TPSA) is 110 Å². The molecule has 1 aliphatic heterocycles. The standard InChI is InChI=1S/C9H17N5O2/c1-13-9(7(6-10)8(11)16-12)14-2-4-15-5-3-14/h6,10H,2-5,11-12H2,1H3. The molecule has 0 aromatic rings. The summed E-state index contributed by atoms with van der Waals surface area (Å²) in [5, 5.41) is 7.31. The van der Waals surface area contributed by atoms with Gasteiger partial charge in [0.15, 0.2) is 0 Å². The molecule has 0 aliphatic carbocycles. The Labute approximate surface area is 94.2 Å². The molecule has 1 saturated heterocycles. The van der Waals surface area contributed by atoms with E-state index in [1.54, 1.807) is 7.05 Å². The molecule has 0 atom stereocenters. The van der Waals surface area contributed by atoms with E-state index in [-0.39, 0.29) is 5.88 Å². The molecule has 1 aliphatic rings. The molecule has 0 radical (unpaired) electrons. The number of hydrogen-bond donors (Lipinski definition) is 3. The molecule has 5 N–H and O–H groups in total. The van der Waals surface area contributed by atoms with Crippen LogP contribution < -0.4 is 11.6 Å². The largest absolute Gasteiger partial charge is 0.393 e. The second kappa shape index (κ2) is 6.09. The van der Waals surface area contributed by atoms with Crippen molar-refractivity contribution in [1.29, 1.82) is 5.41 Å². The van der Waals surface area contributed by atoms with Crippen LogP contribution in [0.1, 0.15) is 0 Å². The van der Waals surface area contributed by atoms with E-state index in [0.717, 1.165) is 6.21 Å². The average Bonchev–Trinajstić information content (AvgIpc) is 2.36. The Bertz CT molecular complexity index is 307. The second-order valence-electron chi connectivity index (χ2n) is 3.19. The predicted octanol–water partition coefficient (Wildman–Crippen LogP) is -0.943. The fourth-order valence-corrected chi connectivity index (χ4v) is 1.52. The summed E-state index contributed by atoms with van der Waals surface area (Å²) in [6.07, 6.45) is 1.08. The molecule has 0 unspecified atom stereocenters. The normalized spacial score (nSPS) is 19.1. The summed E-state index contributed by atoms with van der Waals surface area (Å²) in [4.78, 5) is 10.5. The van der Waals surface area contributed by atoms with Crippen LogP contribution in [0.15, 0.2) is 16.4 Å². The molecule has 1 rings (SSSR count). The lowest BCUT2D eigenvalue weighted by Gasteiger charge is -2.30. The molecular formula is C9H17N5O2. The number of rotatable bonds is 3. The Kier molecular flexibility index (Phi) is 4.74. The Morgan fingerprint density at radius 2 is 2.12 bits per heavy atom. The van der Waals surface area contributed by atoms with E-state index in [1.165, 1.54) is 0 Å². The van der Waals surface area contributed by atoms with Crippen LogP contribution in [0.25, 0.3) is 0 Å². The number of amidine groups is 1. The highest BCUT2D eigenvalue weighted by Crippen LogP contribution is 2.07. The van der Waals surface area contributed by atoms with Crippen LogP contribution in [0.4, 0.5) is 0 Å². The first kappa shape index (κ1) is 12.5. The molecule has 1 heterocycles. The lowest BCUT2D eigenvalue weighted by molar-refractivity contribution is 0.0681. The van der Waals surface area contributed by atoms with Crippen LogP contribution in [0.3, 0.4) is 0 Å². The van der Waals surface area contributed by atoms with E-state index in [2.05, 4.69) is 9.83 Å². The molecule has 0 aromatic carbocycles. The molecule has 0 saturated carbocycles. The number of aliphatic imine (C=N–C) groups is 1. The molecular weight excluding hydrogens is 210 g/mol. The fraction of sp³-hybridized carbons (Fsp3) is 0.556. The molecule has 90 valence electrons. The molecule has 0 amide bonds. The van der Waals surface area contributed by atoms with Gasteiger partial charge < -0.3 is 25.6 Å². The SMILES string of the molecule is CN=C(C(C=N)=C(N)ON)N1CCOCC1. The lowest BCUT2D eigenvalue weighted by Crippen LogP contribution is -2.42. The van der Waals surface area contributed by atoms with E-state index in [4.69, 9.17) is 21.8 Å². The number of ether oxygens (including phenoxy) is 1. The summed E-state index contributed by atoms with van der Waals surface area (Å²) < 4.78 is 5.24. The van der Waals surface area contributed by atoms with Gasteiger partial charge in [0.25, 0.3) is 0 Å². The summed E-state index contributed by atoms with van der Waals surface area (Å²) in [5.74, 6) is 5.57. The minimum Gasteiger partial charge on any atom is -0.393 e. The van der Waals surface area contributed by atoms with E-state index in [1.807, 2.05) is 4.90 Å². The Morgan fingerprint density at radius 1 is 1.50 bits per heavy atom. The van der Waals surface area contributed by atoms with E-state index >= 15 is 0 Å². The second-order valence-corrected chi connectivity index (χ2v) is 3.19. The van der Waals surface area contributed by atoms with Crippen molar-refractivity contribution in [2.75, 3.05) is 33.4 Å². The van der Waals surface area contributed by atoms with Crippen molar-refractivity contribution in [3.63, 3.8) is 0 Å². The summed E-state index contributed by atoms with van der Waals surface area (Å²) >= 11 is 0. The van der Waals surface area contributed by atoms with Gasteiger partial charge in [-0.1, -0.05) is 0 Å². The number of morpholine rings is 1. The first-order valence-corrected chi connectivity index (χ1v) is 4.91.